The van der Waals surface area contributed by atoms with Gasteiger partial charge in [0, 0.05) is 18.8 Å². The van der Waals surface area contributed by atoms with Gasteiger partial charge in [0.25, 0.3) is 0 Å². The van der Waals surface area contributed by atoms with Crippen molar-refractivity contribution in [1.82, 2.24) is 0 Å². The van der Waals surface area contributed by atoms with Crippen LogP contribution in [0.5, 0.6) is 5.75 Å². The lowest BCUT2D eigenvalue weighted by Crippen LogP contribution is -2.37. The van der Waals surface area contributed by atoms with Crippen molar-refractivity contribution in [2.75, 3.05) is 31.2 Å². The van der Waals surface area contributed by atoms with Crippen molar-refractivity contribution in [2.24, 2.45) is 0 Å². The van der Waals surface area contributed by atoms with Crippen LogP contribution in [0, 0.1) is 6.92 Å². The minimum absolute atomic E-state index is 0. The standard InChI is InChI=1S/C18H23NO3.ClH/c1-15-6-5-9-18(12-15)22-14-17(21)13-19(10-11-20)16-7-3-2-4-8-16;/h2-9,12,17,20-21H,10-11,13-14H2,1H3;1H. The first-order chi connectivity index (χ1) is 10.7. The molecular formula is C18H24ClNO3. The highest BCUT2D eigenvalue weighted by Gasteiger charge is 2.13. The molecule has 0 spiro atoms. The number of rotatable bonds is 8. The van der Waals surface area contributed by atoms with Crippen LogP contribution in [-0.4, -0.2) is 42.6 Å². The van der Waals surface area contributed by atoms with E-state index in [0.29, 0.717) is 13.1 Å². The normalized spacial score (nSPS) is 11.4. The maximum Gasteiger partial charge on any atom is 0.119 e. The average Bonchev–Trinajstić information content (AvgIpc) is 2.53. The highest BCUT2D eigenvalue weighted by atomic mass is 35.5. The maximum absolute atomic E-state index is 10.2. The van der Waals surface area contributed by atoms with Gasteiger partial charge in [-0.3, -0.25) is 0 Å². The molecule has 126 valence electrons. The zero-order valence-electron chi connectivity index (χ0n) is 13.3. The second-order valence-electron chi connectivity index (χ2n) is 5.29. The van der Waals surface area contributed by atoms with Crippen molar-refractivity contribution in [3.05, 3.63) is 60.2 Å². The number of para-hydroxylation sites is 1. The SMILES string of the molecule is Cc1cccc(OCC(O)CN(CCO)c2ccccc2)c1.Cl. The Kier molecular flexibility index (Phi) is 8.48. The van der Waals surface area contributed by atoms with Crippen LogP contribution < -0.4 is 9.64 Å². The van der Waals surface area contributed by atoms with E-state index in [0.717, 1.165) is 17.0 Å². The molecule has 0 bridgehead atoms. The number of aryl methyl sites for hydroxylation is 1. The molecule has 0 fully saturated rings. The minimum atomic E-state index is -0.632. The summed E-state index contributed by atoms with van der Waals surface area (Å²) >= 11 is 0. The van der Waals surface area contributed by atoms with Gasteiger partial charge in [-0.05, 0) is 36.8 Å². The largest absolute Gasteiger partial charge is 0.491 e. The second-order valence-corrected chi connectivity index (χ2v) is 5.29. The maximum atomic E-state index is 10.2. The van der Waals surface area contributed by atoms with Gasteiger partial charge in [0.05, 0.1) is 6.61 Å². The Hall–Kier alpha value is -1.75. The third-order valence-corrected chi connectivity index (χ3v) is 3.35. The first kappa shape index (κ1) is 19.3. The molecule has 0 aliphatic carbocycles. The molecule has 0 saturated heterocycles. The molecule has 0 aliphatic heterocycles. The molecule has 1 unspecified atom stereocenters. The van der Waals surface area contributed by atoms with Crippen molar-refractivity contribution >= 4 is 18.1 Å². The van der Waals surface area contributed by atoms with Crippen molar-refractivity contribution in [3.63, 3.8) is 0 Å². The Labute approximate surface area is 143 Å². The van der Waals surface area contributed by atoms with Gasteiger partial charge < -0.3 is 19.8 Å². The summed E-state index contributed by atoms with van der Waals surface area (Å²) < 4.78 is 5.62. The first-order valence-corrected chi connectivity index (χ1v) is 7.47. The smallest absolute Gasteiger partial charge is 0.119 e. The summed E-state index contributed by atoms with van der Waals surface area (Å²) in [4.78, 5) is 1.95. The van der Waals surface area contributed by atoms with Gasteiger partial charge in [-0.15, -0.1) is 12.4 Å². The van der Waals surface area contributed by atoms with E-state index in [9.17, 15) is 10.2 Å². The number of nitrogens with zero attached hydrogens (tertiary/aromatic N) is 1. The van der Waals surface area contributed by atoms with Crippen molar-refractivity contribution in [1.29, 1.82) is 0 Å². The quantitative estimate of drug-likeness (QED) is 0.777. The number of hydrogen-bond donors (Lipinski definition) is 2. The van der Waals surface area contributed by atoms with E-state index in [1.807, 2.05) is 66.4 Å². The highest BCUT2D eigenvalue weighted by molar-refractivity contribution is 5.85. The molecule has 0 amide bonds. The molecule has 5 heteroatoms. The number of benzene rings is 2. The summed E-state index contributed by atoms with van der Waals surface area (Å²) in [6, 6.07) is 17.5. The van der Waals surface area contributed by atoms with Gasteiger partial charge in [-0.1, -0.05) is 30.3 Å². The monoisotopic (exact) mass is 337 g/mol. The number of aliphatic hydroxyl groups is 2. The Balaban J connectivity index is 0.00000264. The molecule has 2 aromatic carbocycles. The number of aliphatic hydroxyl groups excluding tert-OH is 2. The van der Waals surface area contributed by atoms with Gasteiger partial charge in [0.1, 0.15) is 18.5 Å². The van der Waals surface area contributed by atoms with E-state index in [2.05, 4.69) is 0 Å². The molecule has 0 saturated carbocycles. The highest BCUT2D eigenvalue weighted by Crippen LogP contribution is 2.15. The van der Waals surface area contributed by atoms with E-state index in [1.165, 1.54) is 0 Å². The fourth-order valence-electron chi connectivity index (χ4n) is 2.29. The summed E-state index contributed by atoms with van der Waals surface area (Å²) in [5.41, 5.74) is 2.10. The topological polar surface area (TPSA) is 52.9 Å². The fraction of sp³-hybridized carbons (Fsp3) is 0.333. The van der Waals surface area contributed by atoms with Gasteiger partial charge >= 0.3 is 0 Å². The lowest BCUT2D eigenvalue weighted by molar-refractivity contribution is 0.111. The van der Waals surface area contributed by atoms with Crippen molar-refractivity contribution < 1.29 is 14.9 Å². The molecule has 0 radical (unpaired) electrons. The Morgan fingerprint density at radius 2 is 1.83 bits per heavy atom. The lowest BCUT2D eigenvalue weighted by atomic mass is 10.2. The average molecular weight is 338 g/mol. The van der Waals surface area contributed by atoms with Crippen LogP contribution in [0.25, 0.3) is 0 Å². The number of ether oxygens (including phenoxy) is 1. The van der Waals surface area contributed by atoms with Gasteiger partial charge in [-0.25, -0.2) is 0 Å². The van der Waals surface area contributed by atoms with E-state index in [1.54, 1.807) is 0 Å². The molecule has 2 N–H and O–H groups in total. The van der Waals surface area contributed by atoms with Gasteiger partial charge in [0.2, 0.25) is 0 Å². The van der Waals surface area contributed by atoms with Crippen LogP contribution in [0.2, 0.25) is 0 Å². The Bertz CT molecular complexity index is 565. The van der Waals surface area contributed by atoms with Gasteiger partial charge in [-0.2, -0.15) is 0 Å². The van der Waals surface area contributed by atoms with Crippen LogP contribution in [-0.2, 0) is 0 Å². The lowest BCUT2D eigenvalue weighted by Gasteiger charge is -2.26. The first-order valence-electron chi connectivity index (χ1n) is 7.47. The predicted molar refractivity (Wildman–Crippen MR) is 95.7 cm³/mol. The zero-order chi connectivity index (χ0) is 15.8. The molecule has 1 atom stereocenters. The molecule has 0 heterocycles. The molecular weight excluding hydrogens is 314 g/mol. The Morgan fingerprint density at radius 1 is 1.09 bits per heavy atom. The predicted octanol–water partition coefficient (Wildman–Crippen LogP) is 2.66. The molecule has 0 aromatic heterocycles. The molecule has 4 nitrogen and oxygen atoms in total. The number of hydrogen-bond acceptors (Lipinski definition) is 4. The third kappa shape index (κ3) is 6.48. The van der Waals surface area contributed by atoms with E-state index >= 15 is 0 Å². The summed E-state index contributed by atoms with van der Waals surface area (Å²) in [7, 11) is 0. The third-order valence-electron chi connectivity index (χ3n) is 3.35. The summed E-state index contributed by atoms with van der Waals surface area (Å²) in [5, 5.41) is 19.4. The van der Waals surface area contributed by atoms with Crippen molar-refractivity contribution in [2.45, 2.75) is 13.0 Å². The van der Waals surface area contributed by atoms with Crippen molar-refractivity contribution in [3.8, 4) is 5.75 Å². The van der Waals surface area contributed by atoms with Crippen LogP contribution >= 0.6 is 12.4 Å². The van der Waals surface area contributed by atoms with Gasteiger partial charge in [0.15, 0.2) is 0 Å². The molecule has 0 aliphatic rings. The number of halogens is 1. The second kappa shape index (κ2) is 10.1. The summed E-state index contributed by atoms with van der Waals surface area (Å²) in [6.07, 6.45) is -0.632. The molecule has 23 heavy (non-hydrogen) atoms. The zero-order valence-corrected chi connectivity index (χ0v) is 14.1. The summed E-state index contributed by atoms with van der Waals surface area (Å²) in [5.74, 6) is 0.757. The van der Waals surface area contributed by atoms with Crippen LogP contribution in [0.4, 0.5) is 5.69 Å². The van der Waals surface area contributed by atoms with Crippen LogP contribution in [0.15, 0.2) is 54.6 Å². The molecule has 2 aromatic rings. The number of anilines is 1. The van der Waals surface area contributed by atoms with E-state index in [-0.39, 0.29) is 25.6 Å². The fourth-order valence-corrected chi connectivity index (χ4v) is 2.29. The van der Waals surface area contributed by atoms with Crippen LogP contribution in [0.1, 0.15) is 5.56 Å². The molecule has 2 rings (SSSR count). The minimum Gasteiger partial charge on any atom is -0.491 e. The Morgan fingerprint density at radius 3 is 2.48 bits per heavy atom. The van der Waals surface area contributed by atoms with Crippen LogP contribution in [0.3, 0.4) is 0 Å². The summed E-state index contributed by atoms with van der Waals surface area (Å²) in [6.45, 7) is 3.15. The van der Waals surface area contributed by atoms with E-state index in [4.69, 9.17) is 4.74 Å². The van der Waals surface area contributed by atoms with E-state index < -0.39 is 6.10 Å².